The SMILES string of the molecule is N[C@@H](CCC(O)NC[C@H](O)[C@@H](O)[C@H](O)[C@H](O)CO)C(=O)OC1=CC(=O)N(CCCCCC(=O)ON2C(=O)CCC2=O)C1=O. The van der Waals surface area contributed by atoms with E-state index in [1.165, 1.54) is 0 Å². The van der Waals surface area contributed by atoms with Gasteiger partial charge in [0.2, 0.25) is 5.76 Å². The average molecular weight is 619 g/mol. The third-order valence-corrected chi connectivity index (χ3v) is 6.59. The Morgan fingerprint density at radius 3 is 2.19 bits per heavy atom. The highest BCUT2D eigenvalue weighted by Crippen LogP contribution is 2.18. The molecule has 2 heterocycles. The number of hydroxylamine groups is 2. The zero-order valence-electron chi connectivity index (χ0n) is 23.2. The molecule has 18 nitrogen and oxygen atoms in total. The largest absolute Gasteiger partial charge is 0.419 e. The maximum absolute atomic E-state index is 12.5. The number of hydrogen-bond donors (Lipinski definition) is 8. The summed E-state index contributed by atoms with van der Waals surface area (Å²) in [7, 11) is 0. The van der Waals surface area contributed by atoms with Gasteiger partial charge < -0.3 is 45.9 Å². The fourth-order valence-corrected chi connectivity index (χ4v) is 3.97. The maximum atomic E-state index is 12.5. The van der Waals surface area contributed by atoms with Crippen LogP contribution in [-0.4, -0.2) is 133 Å². The monoisotopic (exact) mass is 618 g/mol. The van der Waals surface area contributed by atoms with E-state index in [0.29, 0.717) is 24.3 Å². The molecule has 4 amide bonds. The summed E-state index contributed by atoms with van der Waals surface area (Å²) in [5.74, 6) is -5.11. The first-order valence-electron chi connectivity index (χ1n) is 13.6. The van der Waals surface area contributed by atoms with Gasteiger partial charge in [-0.2, -0.15) is 0 Å². The molecule has 2 rings (SSSR count). The lowest BCUT2D eigenvalue weighted by molar-refractivity contribution is -0.197. The van der Waals surface area contributed by atoms with Crippen LogP contribution < -0.4 is 11.1 Å². The van der Waals surface area contributed by atoms with Gasteiger partial charge in [0, 0.05) is 32.4 Å². The highest BCUT2D eigenvalue weighted by atomic mass is 16.7. The van der Waals surface area contributed by atoms with Gasteiger partial charge in [-0.05, 0) is 25.7 Å². The quantitative estimate of drug-likeness (QED) is 0.0292. The van der Waals surface area contributed by atoms with Crippen molar-refractivity contribution in [2.75, 3.05) is 19.7 Å². The van der Waals surface area contributed by atoms with Crippen molar-refractivity contribution in [1.29, 1.82) is 0 Å². The Balaban J connectivity index is 1.66. The predicted octanol–water partition coefficient (Wildman–Crippen LogP) is -4.60. The molecule has 2 aliphatic heterocycles. The molecule has 0 saturated carbocycles. The maximum Gasteiger partial charge on any atom is 0.333 e. The van der Waals surface area contributed by atoms with Crippen molar-refractivity contribution in [3.8, 4) is 0 Å². The fourth-order valence-electron chi connectivity index (χ4n) is 3.97. The van der Waals surface area contributed by atoms with Gasteiger partial charge >= 0.3 is 11.9 Å². The molecule has 0 bridgehead atoms. The zero-order chi connectivity index (χ0) is 32.3. The molecule has 0 spiro atoms. The normalized spacial score (nSPS) is 19.7. The molecule has 1 saturated heterocycles. The fraction of sp³-hybridized carbons (Fsp3) is 0.680. The van der Waals surface area contributed by atoms with Crippen LogP contribution in [0.15, 0.2) is 11.8 Å². The van der Waals surface area contributed by atoms with Crippen LogP contribution in [0.4, 0.5) is 0 Å². The molecule has 9 N–H and O–H groups in total. The molecule has 0 aromatic rings. The molecule has 6 atom stereocenters. The van der Waals surface area contributed by atoms with Crippen LogP contribution >= 0.6 is 0 Å². The van der Waals surface area contributed by atoms with E-state index >= 15 is 0 Å². The van der Waals surface area contributed by atoms with Crippen molar-refractivity contribution >= 4 is 35.6 Å². The summed E-state index contributed by atoms with van der Waals surface area (Å²) in [5.41, 5.74) is 5.75. The van der Waals surface area contributed by atoms with Crippen LogP contribution in [0.3, 0.4) is 0 Å². The van der Waals surface area contributed by atoms with Crippen LogP contribution in [0.5, 0.6) is 0 Å². The Morgan fingerprint density at radius 1 is 0.930 bits per heavy atom. The van der Waals surface area contributed by atoms with Crippen molar-refractivity contribution in [1.82, 2.24) is 15.3 Å². The number of aliphatic hydroxyl groups is 6. The first-order chi connectivity index (χ1) is 20.3. The third kappa shape index (κ3) is 10.7. The number of amides is 4. The van der Waals surface area contributed by atoms with Crippen molar-refractivity contribution in [2.24, 2.45) is 5.73 Å². The van der Waals surface area contributed by atoms with E-state index in [1.54, 1.807) is 0 Å². The van der Waals surface area contributed by atoms with Gasteiger partial charge in [-0.15, -0.1) is 5.06 Å². The molecule has 18 heteroatoms. The van der Waals surface area contributed by atoms with E-state index in [2.05, 4.69) is 5.32 Å². The average Bonchev–Trinajstić information content (AvgIpc) is 3.43. The number of aliphatic hydroxyl groups excluding tert-OH is 6. The standard InChI is InChI=1S/C25H38N4O14/c26-13(5-6-17(33)27-11-14(31)22(38)23(39)15(32)12-30)25(41)42-16-10-20(36)28(24(16)40)9-3-1-2-4-21(37)43-29-18(34)7-8-19(29)35/h10,13-15,17,22-23,27,30-33,38-39H,1-9,11-12,26H2/t13-,14-,15+,17?,22+,23+/m0/s1. The van der Waals surface area contributed by atoms with Crippen molar-refractivity contribution in [3.63, 3.8) is 0 Å². The summed E-state index contributed by atoms with van der Waals surface area (Å²) in [4.78, 5) is 77.4. The highest BCUT2D eigenvalue weighted by Gasteiger charge is 2.35. The molecule has 0 aromatic carbocycles. The van der Waals surface area contributed by atoms with Gasteiger partial charge in [-0.1, -0.05) is 6.42 Å². The molecule has 242 valence electrons. The Hall–Kier alpha value is -3.36. The highest BCUT2D eigenvalue weighted by molar-refractivity contribution is 6.15. The number of nitrogens with zero attached hydrogens (tertiary/aromatic N) is 2. The van der Waals surface area contributed by atoms with Crippen LogP contribution in [0, 0.1) is 0 Å². The zero-order valence-corrected chi connectivity index (χ0v) is 23.2. The van der Waals surface area contributed by atoms with Gasteiger partial charge in [0.25, 0.3) is 23.6 Å². The number of rotatable bonds is 19. The molecule has 43 heavy (non-hydrogen) atoms. The van der Waals surface area contributed by atoms with Crippen LogP contribution in [0.2, 0.25) is 0 Å². The number of carbonyl (C=O) groups excluding carboxylic acids is 6. The number of carbonyl (C=O) groups is 6. The number of nitrogens with two attached hydrogens (primary N) is 1. The van der Waals surface area contributed by atoms with Crippen molar-refractivity contribution in [2.45, 2.75) is 88.1 Å². The molecule has 1 fully saturated rings. The second-order valence-corrected chi connectivity index (χ2v) is 9.99. The number of imide groups is 2. The molecular formula is C25H38N4O14. The number of esters is 1. The van der Waals surface area contributed by atoms with Gasteiger partial charge in [-0.25, -0.2) is 9.59 Å². The minimum atomic E-state index is -1.84. The van der Waals surface area contributed by atoms with E-state index in [4.69, 9.17) is 20.4 Å². The molecule has 1 unspecified atom stereocenters. The van der Waals surface area contributed by atoms with E-state index < -0.39 is 91.2 Å². The summed E-state index contributed by atoms with van der Waals surface area (Å²) >= 11 is 0. The predicted molar refractivity (Wildman–Crippen MR) is 139 cm³/mol. The Kier molecular flexibility index (Phi) is 14.2. The first-order valence-corrected chi connectivity index (χ1v) is 13.6. The Bertz CT molecular complexity index is 1050. The molecule has 0 aromatic heterocycles. The second kappa shape index (κ2) is 17.1. The van der Waals surface area contributed by atoms with Crippen LogP contribution in [0.1, 0.15) is 51.4 Å². The number of hydrogen-bond acceptors (Lipinski definition) is 16. The van der Waals surface area contributed by atoms with Gasteiger partial charge in [0.05, 0.1) is 18.8 Å². The lowest BCUT2D eigenvalue weighted by Gasteiger charge is -2.26. The van der Waals surface area contributed by atoms with E-state index in [-0.39, 0.29) is 38.6 Å². The van der Waals surface area contributed by atoms with Crippen molar-refractivity contribution in [3.05, 3.63) is 11.8 Å². The van der Waals surface area contributed by atoms with E-state index in [0.717, 1.165) is 11.0 Å². The molecular weight excluding hydrogens is 580 g/mol. The Morgan fingerprint density at radius 2 is 1.56 bits per heavy atom. The summed E-state index contributed by atoms with van der Waals surface area (Å²) in [6.45, 7) is -1.31. The smallest absolute Gasteiger partial charge is 0.333 e. The number of ether oxygens (including phenoxy) is 1. The lowest BCUT2D eigenvalue weighted by atomic mass is 10.0. The van der Waals surface area contributed by atoms with Gasteiger partial charge in [0.1, 0.15) is 30.6 Å². The number of unbranched alkanes of at least 4 members (excludes halogenated alkanes) is 2. The van der Waals surface area contributed by atoms with Crippen molar-refractivity contribution < 1.29 is 69.0 Å². The third-order valence-electron chi connectivity index (χ3n) is 6.59. The minimum absolute atomic E-state index is 0.0194. The number of nitrogens with one attached hydrogen (secondary N) is 1. The topological polar surface area (TPSA) is 287 Å². The minimum Gasteiger partial charge on any atom is -0.419 e. The summed E-state index contributed by atoms with van der Waals surface area (Å²) in [6.07, 6.45) is -6.90. The van der Waals surface area contributed by atoms with Gasteiger partial charge in [0.15, 0.2) is 0 Å². The lowest BCUT2D eigenvalue weighted by Crippen LogP contribution is -2.50. The molecule has 0 radical (unpaired) electrons. The first kappa shape index (κ1) is 35.8. The molecule has 0 aliphatic carbocycles. The Labute approximate surface area is 245 Å². The van der Waals surface area contributed by atoms with Crippen LogP contribution in [-0.2, 0) is 38.3 Å². The summed E-state index contributed by atoms with van der Waals surface area (Å²) in [5, 5.41) is 60.2. The summed E-state index contributed by atoms with van der Waals surface area (Å²) < 4.78 is 4.96. The van der Waals surface area contributed by atoms with Gasteiger partial charge in [-0.3, -0.25) is 29.4 Å². The molecule has 2 aliphatic rings. The van der Waals surface area contributed by atoms with Crippen LogP contribution in [0.25, 0.3) is 0 Å². The van der Waals surface area contributed by atoms with E-state index in [1.807, 2.05) is 0 Å². The summed E-state index contributed by atoms with van der Waals surface area (Å²) in [6, 6.07) is -1.31. The van der Waals surface area contributed by atoms with E-state index in [9.17, 15) is 54.3 Å². The second-order valence-electron chi connectivity index (χ2n) is 9.99.